The smallest absolute Gasteiger partial charge is 0.151 e. The van der Waals surface area contributed by atoms with Gasteiger partial charge < -0.3 is 10.6 Å². The van der Waals surface area contributed by atoms with Crippen LogP contribution in [0.25, 0.3) is 0 Å². The van der Waals surface area contributed by atoms with Gasteiger partial charge in [0.05, 0.1) is 11.4 Å². The van der Waals surface area contributed by atoms with E-state index in [1.165, 1.54) is 6.42 Å². The number of aryl methyl sites for hydroxylation is 1. The van der Waals surface area contributed by atoms with E-state index >= 15 is 0 Å². The number of rotatable bonds is 2. The van der Waals surface area contributed by atoms with Crippen LogP contribution in [0.15, 0.2) is 0 Å². The molecular formula is C15H28N4. The van der Waals surface area contributed by atoms with Crippen molar-refractivity contribution in [3.63, 3.8) is 0 Å². The van der Waals surface area contributed by atoms with E-state index in [0.717, 1.165) is 23.7 Å². The van der Waals surface area contributed by atoms with Crippen molar-refractivity contribution in [1.82, 2.24) is 9.78 Å². The summed E-state index contributed by atoms with van der Waals surface area (Å²) in [6, 6.07) is 0.859. The van der Waals surface area contributed by atoms with E-state index in [2.05, 4.69) is 49.3 Å². The fraction of sp³-hybridized carbons (Fsp3) is 0.800. The molecule has 1 saturated heterocycles. The molecule has 0 radical (unpaired) electrons. The summed E-state index contributed by atoms with van der Waals surface area (Å²) in [5, 5.41) is 4.62. The molecule has 1 fully saturated rings. The fourth-order valence-corrected chi connectivity index (χ4v) is 3.19. The minimum atomic E-state index is 0.339. The maximum atomic E-state index is 6.30. The lowest BCUT2D eigenvalue weighted by molar-refractivity contribution is 0.291. The van der Waals surface area contributed by atoms with Crippen molar-refractivity contribution in [3.05, 3.63) is 5.69 Å². The van der Waals surface area contributed by atoms with Gasteiger partial charge >= 0.3 is 0 Å². The number of aromatic nitrogens is 2. The Balaban J connectivity index is 2.45. The molecule has 2 N–H and O–H groups in total. The van der Waals surface area contributed by atoms with Crippen LogP contribution in [0.4, 0.5) is 11.5 Å². The van der Waals surface area contributed by atoms with Gasteiger partial charge in [-0.25, -0.2) is 4.68 Å². The first-order valence-electron chi connectivity index (χ1n) is 7.44. The van der Waals surface area contributed by atoms with Crippen molar-refractivity contribution >= 4 is 11.5 Å². The van der Waals surface area contributed by atoms with Crippen molar-refractivity contribution in [2.45, 2.75) is 60.0 Å². The van der Waals surface area contributed by atoms with E-state index in [9.17, 15) is 0 Å². The summed E-state index contributed by atoms with van der Waals surface area (Å²) >= 11 is 0. The zero-order chi connectivity index (χ0) is 14.3. The second-order valence-corrected chi connectivity index (χ2v) is 6.57. The second kappa shape index (κ2) is 5.06. The number of nitrogen functional groups attached to an aromatic ring is 1. The zero-order valence-electron chi connectivity index (χ0n) is 13.1. The highest BCUT2D eigenvalue weighted by Gasteiger charge is 2.32. The van der Waals surface area contributed by atoms with Gasteiger partial charge in [-0.05, 0) is 46.0 Å². The predicted octanol–water partition coefficient (Wildman–Crippen LogP) is 3.23. The molecule has 1 aromatic rings. The van der Waals surface area contributed by atoms with Crippen molar-refractivity contribution < 1.29 is 0 Å². The molecule has 0 aliphatic carbocycles. The van der Waals surface area contributed by atoms with Gasteiger partial charge in [0, 0.05) is 18.6 Å². The third-order valence-electron chi connectivity index (χ3n) is 4.46. The van der Waals surface area contributed by atoms with Gasteiger partial charge in [0.15, 0.2) is 5.82 Å². The van der Waals surface area contributed by atoms with Crippen LogP contribution < -0.4 is 10.6 Å². The first-order chi connectivity index (χ1) is 8.82. The molecular weight excluding hydrogens is 236 g/mol. The average Bonchev–Trinajstić information content (AvgIpc) is 2.61. The molecule has 2 rings (SSSR count). The van der Waals surface area contributed by atoms with Crippen molar-refractivity contribution in [3.8, 4) is 0 Å². The molecule has 0 bridgehead atoms. The summed E-state index contributed by atoms with van der Waals surface area (Å²) in [5.41, 5.74) is 8.10. The molecule has 19 heavy (non-hydrogen) atoms. The van der Waals surface area contributed by atoms with E-state index in [0.29, 0.717) is 23.9 Å². The van der Waals surface area contributed by atoms with Crippen molar-refractivity contribution in [2.75, 3.05) is 17.2 Å². The molecule has 4 heteroatoms. The molecule has 0 amide bonds. The Hall–Kier alpha value is -1.19. The first-order valence-corrected chi connectivity index (χ1v) is 7.44. The fourth-order valence-electron chi connectivity index (χ4n) is 3.19. The number of hydrogen-bond donors (Lipinski definition) is 1. The van der Waals surface area contributed by atoms with Gasteiger partial charge in [0.25, 0.3) is 0 Å². The molecule has 3 unspecified atom stereocenters. The number of anilines is 2. The highest BCUT2D eigenvalue weighted by molar-refractivity contribution is 5.67. The van der Waals surface area contributed by atoms with Gasteiger partial charge in [-0.15, -0.1) is 0 Å². The number of piperidine rings is 1. The molecule has 0 spiro atoms. The molecule has 108 valence electrons. The van der Waals surface area contributed by atoms with Crippen LogP contribution in [0, 0.1) is 18.8 Å². The van der Waals surface area contributed by atoms with Crippen molar-refractivity contribution in [1.29, 1.82) is 0 Å². The lowest BCUT2D eigenvalue weighted by atomic mass is 9.86. The maximum absolute atomic E-state index is 6.30. The summed E-state index contributed by atoms with van der Waals surface area (Å²) in [6.45, 7) is 14.4. The quantitative estimate of drug-likeness (QED) is 0.892. The SMILES string of the molecule is Cc1nn(C(C)C)c(N2CC(C)CC(C)C2C)c1N. The van der Waals surface area contributed by atoms with Gasteiger partial charge in [-0.3, -0.25) is 0 Å². The van der Waals surface area contributed by atoms with E-state index < -0.39 is 0 Å². The molecule has 0 aromatic carbocycles. The van der Waals surface area contributed by atoms with Gasteiger partial charge in [-0.1, -0.05) is 13.8 Å². The first kappa shape index (κ1) is 14.2. The maximum Gasteiger partial charge on any atom is 0.151 e. The van der Waals surface area contributed by atoms with E-state index in [4.69, 9.17) is 5.73 Å². The van der Waals surface area contributed by atoms with Gasteiger partial charge in [0.2, 0.25) is 0 Å². The minimum absolute atomic E-state index is 0.339. The molecule has 0 saturated carbocycles. The monoisotopic (exact) mass is 264 g/mol. The number of hydrogen-bond acceptors (Lipinski definition) is 3. The Labute approximate surface area is 117 Å². The Morgan fingerprint density at radius 1 is 1.26 bits per heavy atom. The van der Waals surface area contributed by atoms with E-state index in [1.807, 2.05) is 6.92 Å². The normalized spacial score (nSPS) is 28.2. The lowest BCUT2D eigenvalue weighted by Gasteiger charge is -2.43. The Kier molecular flexibility index (Phi) is 3.79. The van der Waals surface area contributed by atoms with Crippen LogP contribution in [0.1, 0.15) is 52.8 Å². The zero-order valence-corrected chi connectivity index (χ0v) is 13.1. The molecule has 2 heterocycles. The Morgan fingerprint density at radius 2 is 1.89 bits per heavy atom. The van der Waals surface area contributed by atoms with Crippen molar-refractivity contribution in [2.24, 2.45) is 11.8 Å². The molecule has 1 aromatic heterocycles. The third-order valence-corrected chi connectivity index (χ3v) is 4.46. The van der Waals surface area contributed by atoms with E-state index in [1.54, 1.807) is 0 Å². The second-order valence-electron chi connectivity index (χ2n) is 6.57. The lowest BCUT2D eigenvalue weighted by Crippen LogP contribution is -2.47. The summed E-state index contributed by atoms with van der Waals surface area (Å²) in [7, 11) is 0. The summed E-state index contributed by atoms with van der Waals surface area (Å²) < 4.78 is 2.09. The molecule has 3 atom stereocenters. The van der Waals surface area contributed by atoms with Crippen LogP contribution in [0.5, 0.6) is 0 Å². The highest BCUT2D eigenvalue weighted by Crippen LogP contribution is 2.36. The third kappa shape index (κ3) is 2.45. The minimum Gasteiger partial charge on any atom is -0.394 e. The van der Waals surface area contributed by atoms with Gasteiger partial charge in [0.1, 0.15) is 0 Å². The van der Waals surface area contributed by atoms with Crippen LogP contribution in [-0.4, -0.2) is 22.4 Å². The van der Waals surface area contributed by atoms with Crippen LogP contribution in [-0.2, 0) is 0 Å². The molecule has 1 aliphatic rings. The van der Waals surface area contributed by atoms with Gasteiger partial charge in [-0.2, -0.15) is 5.10 Å². The molecule has 1 aliphatic heterocycles. The van der Waals surface area contributed by atoms with Crippen LogP contribution in [0.2, 0.25) is 0 Å². The summed E-state index contributed by atoms with van der Waals surface area (Å²) in [6.07, 6.45) is 1.30. The predicted molar refractivity (Wildman–Crippen MR) is 81.5 cm³/mol. The standard InChI is InChI=1S/C15H28N4/c1-9(2)19-15(14(16)12(5)17-19)18-8-10(3)7-11(4)13(18)6/h9-11,13H,7-8,16H2,1-6H3. The number of nitrogens with zero attached hydrogens (tertiary/aromatic N) is 3. The summed E-state index contributed by atoms with van der Waals surface area (Å²) in [5.74, 6) is 2.53. The average molecular weight is 264 g/mol. The Bertz CT molecular complexity index is 449. The molecule has 4 nitrogen and oxygen atoms in total. The highest BCUT2D eigenvalue weighted by atomic mass is 15.4. The topological polar surface area (TPSA) is 47.1 Å². The summed E-state index contributed by atoms with van der Waals surface area (Å²) in [4.78, 5) is 2.47. The van der Waals surface area contributed by atoms with Crippen LogP contribution in [0.3, 0.4) is 0 Å². The Morgan fingerprint density at radius 3 is 2.47 bits per heavy atom. The number of nitrogens with two attached hydrogens (primary N) is 1. The largest absolute Gasteiger partial charge is 0.394 e. The van der Waals surface area contributed by atoms with Crippen LogP contribution >= 0.6 is 0 Å². The van der Waals surface area contributed by atoms with E-state index in [-0.39, 0.29) is 0 Å².